The molecule has 2 rings (SSSR count). The van der Waals surface area contributed by atoms with Crippen LogP contribution in [0.5, 0.6) is 0 Å². The molecular weight excluding hydrogens is 274 g/mol. The Morgan fingerprint density at radius 2 is 2.15 bits per heavy atom. The smallest absolute Gasteiger partial charge is 0.251 e. The average Bonchev–Trinajstić information content (AvgIpc) is 2.41. The van der Waals surface area contributed by atoms with Gasteiger partial charge in [0.05, 0.1) is 0 Å². The number of carbonyl (C=O) groups excluding carboxylic acids is 1. The molecule has 0 bridgehead atoms. The van der Waals surface area contributed by atoms with E-state index >= 15 is 0 Å². The van der Waals surface area contributed by atoms with Crippen molar-refractivity contribution in [3.8, 4) is 0 Å². The van der Waals surface area contributed by atoms with E-state index in [4.69, 9.17) is 11.6 Å². The molecule has 20 heavy (non-hydrogen) atoms. The first kappa shape index (κ1) is 15.3. The predicted octanol–water partition coefficient (Wildman–Crippen LogP) is 2.51. The van der Waals surface area contributed by atoms with E-state index in [1.165, 1.54) is 0 Å². The highest BCUT2D eigenvalue weighted by Gasteiger charge is 2.19. The fourth-order valence-corrected chi connectivity index (χ4v) is 2.71. The Hall–Kier alpha value is -1.13. The van der Waals surface area contributed by atoms with E-state index in [2.05, 4.69) is 29.2 Å². The molecule has 0 aliphatic carbocycles. The summed E-state index contributed by atoms with van der Waals surface area (Å²) in [6.45, 7) is 4.15. The van der Waals surface area contributed by atoms with Gasteiger partial charge in [-0.05, 0) is 51.5 Å². The molecule has 4 nitrogen and oxygen atoms in total. The topological polar surface area (TPSA) is 45.2 Å². The van der Waals surface area contributed by atoms with Gasteiger partial charge in [-0.25, -0.2) is 4.98 Å². The number of hydrogen-bond acceptors (Lipinski definition) is 3. The largest absolute Gasteiger partial charge is 0.349 e. The Labute approximate surface area is 125 Å². The molecule has 110 valence electrons. The molecule has 0 atom stereocenters. The first-order valence-corrected chi connectivity index (χ1v) is 7.62. The van der Waals surface area contributed by atoms with Crippen LogP contribution < -0.4 is 5.32 Å². The number of nitrogens with one attached hydrogen (secondary N) is 1. The van der Waals surface area contributed by atoms with Crippen molar-refractivity contribution in [3.63, 3.8) is 0 Å². The molecule has 1 aromatic rings. The third-order valence-corrected chi connectivity index (χ3v) is 3.86. The van der Waals surface area contributed by atoms with Crippen LogP contribution in [0.1, 0.15) is 42.2 Å². The number of nitrogens with zero attached hydrogens (tertiary/aromatic N) is 2. The van der Waals surface area contributed by atoms with Crippen molar-refractivity contribution < 1.29 is 4.79 Å². The number of halogens is 1. The summed E-state index contributed by atoms with van der Waals surface area (Å²) in [6, 6.07) is 3.75. The van der Waals surface area contributed by atoms with Gasteiger partial charge in [0.2, 0.25) is 0 Å². The first-order valence-electron chi connectivity index (χ1n) is 7.24. The van der Waals surface area contributed by atoms with Crippen molar-refractivity contribution >= 4 is 17.5 Å². The summed E-state index contributed by atoms with van der Waals surface area (Å²) >= 11 is 5.99. The van der Waals surface area contributed by atoms with Gasteiger partial charge < -0.3 is 10.2 Å². The molecule has 1 N–H and O–H groups in total. The summed E-state index contributed by atoms with van der Waals surface area (Å²) in [5.41, 5.74) is 1.50. The summed E-state index contributed by atoms with van der Waals surface area (Å²) in [6.07, 6.45) is 3.84. The van der Waals surface area contributed by atoms with Gasteiger partial charge in [0.1, 0.15) is 5.15 Å². The van der Waals surface area contributed by atoms with Gasteiger partial charge in [0, 0.05) is 17.3 Å². The quantitative estimate of drug-likeness (QED) is 0.868. The zero-order chi connectivity index (χ0) is 14.5. The molecule has 0 unspecified atom stereocenters. The molecule has 0 radical (unpaired) electrons. The van der Waals surface area contributed by atoms with Crippen LogP contribution >= 0.6 is 11.6 Å². The molecule has 0 saturated carbocycles. The van der Waals surface area contributed by atoms with Crippen molar-refractivity contribution in [3.05, 3.63) is 28.5 Å². The minimum Gasteiger partial charge on any atom is -0.349 e. The SMILES string of the molecule is CCCc1cc(C(=O)NC2CCN(C)CC2)cc(Cl)n1. The lowest BCUT2D eigenvalue weighted by Crippen LogP contribution is -2.43. The molecule has 0 spiro atoms. The van der Waals surface area contributed by atoms with Crippen LogP contribution in [0, 0.1) is 0 Å². The third-order valence-electron chi connectivity index (χ3n) is 3.67. The van der Waals surface area contributed by atoms with Gasteiger partial charge >= 0.3 is 0 Å². The van der Waals surface area contributed by atoms with E-state index in [0.717, 1.165) is 44.5 Å². The average molecular weight is 296 g/mol. The lowest BCUT2D eigenvalue weighted by atomic mass is 10.0. The molecule has 1 aliphatic rings. The molecule has 1 amide bonds. The molecule has 0 aromatic carbocycles. The standard InChI is InChI=1S/C15H22ClN3O/c1-3-4-13-9-11(10-14(16)17-13)15(20)18-12-5-7-19(2)8-6-12/h9-10,12H,3-8H2,1-2H3,(H,18,20). The first-order chi connectivity index (χ1) is 9.58. The Kier molecular flexibility index (Phi) is 5.38. The number of hydrogen-bond donors (Lipinski definition) is 1. The van der Waals surface area contributed by atoms with Gasteiger partial charge in [0.25, 0.3) is 5.91 Å². The second-order valence-corrected chi connectivity index (χ2v) is 5.86. The number of aromatic nitrogens is 1. The molecule has 5 heteroatoms. The van der Waals surface area contributed by atoms with Crippen LogP contribution in [0.2, 0.25) is 5.15 Å². The highest BCUT2D eigenvalue weighted by Crippen LogP contribution is 2.14. The van der Waals surface area contributed by atoms with E-state index in [1.807, 2.05) is 6.07 Å². The van der Waals surface area contributed by atoms with E-state index in [0.29, 0.717) is 10.7 Å². The van der Waals surface area contributed by atoms with Crippen molar-refractivity contribution in [1.82, 2.24) is 15.2 Å². The summed E-state index contributed by atoms with van der Waals surface area (Å²) in [5, 5.41) is 3.49. The van der Waals surface area contributed by atoms with Crippen LogP contribution in [0.3, 0.4) is 0 Å². The van der Waals surface area contributed by atoms with Gasteiger partial charge in [-0.2, -0.15) is 0 Å². The molecule has 1 aromatic heterocycles. The second kappa shape index (κ2) is 7.04. The minimum atomic E-state index is -0.0405. The maximum Gasteiger partial charge on any atom is 0.251 e. The molecular formula is C15H22ClN3O. The molecule has 1 fully saturated rings. The van der Waals surface area contributed by atoms with Gasteiger partial charge in [-0.3, -0.25) is 4.79 Å². The summed E-state index contributed by atoms with van der Waals surface area (Å²) in [4.78, 5) is 18.8. The third kappa shape index (κ3) is 4.18. The number of carbonyl (C=O) groups is 1. The van der Waals surface area contributed by atoms with Crippen LogP contribution in [0.25, 0.3) is 0 Å². The van der Waals surface area contributed by atoms with Crippen LogP contribution in [0.4, 0.5) is 0 Å². The highest BCUT2D eigenvalue weighted by molar-refractivity contribution is 6.29. The predicted molar refractivity (Wildman–Crippen MR) is 81.2 cm³/mol. The van der Waals surface area contributed by atoms with E-state index in [9.17, 15) is 4.79 Å². The maximum absolute atomic E-state index is 12.3. The lowest BCUT2D eigenvalue weighted by molar-refractivity contribution is 0.0916. The van der Waals surface area contributed by atoms with Crippen LogP contribution in [0.15, 0.2) is 12.1 Å². The lowest BCUT2D eigenvalue weighted by Gasteiger charge is -2.29. The van der Waals surface area contributed by atoms with Gasteiger partial charge in [0.15, 0.2) is 0 Å². The number of pyridine rings is 1. The maximum atomic E-state index is 12.3. The number of rotatable bonds is 4. The van der Waals surface area contributed by atoms with Gasteiger partial charge in [-0.1, -0.05) is 24.9 Å². The fraction of sp³-hybridized carbons (Fsp3) is 0.600. The van der Waals surface area contributed by atoms with Gasteiger partial charge in [-0.15, -0.1) is 0 Å². The summed E-state index contributed by atoms with van der Waals surface area (Å²) in [5.74, 6) is -0.0405. The number of aryl methyl sites for hydroxylation is 1. The monoisotopic (exact) mass is 295 g/mol. The highest BCUT2D eigenvalue weighted by atomic mass is 35.5. The van der Waals surface area contributed by atoms with Crippen LogP contribution in [-0.2, 0) is 6.42 Å². The summed E-state index contributed by atoms with van der Waals surface area (Å²) < 4.78 is 0. The van der Waals surface area contributed by atoms with Crippen molar-refractivity contribution in [2.75, 3.05) is 20.1 Å². The second-order valence-electron chi connectivity index (χ2n) is 5.47. The molecule has 1 saturated heterocycles. The Balaban J connectivity index is 2.01. The van der Waals surface area contributed by atoms with Crippen molar-refractivity contribution in [2.24, 2.45) is 0 Å². The van der Waals surface area contributed by atoms with Crippen LogP contribution in [-0.4, -0.2) is 42.0 Å². The van der Waals surface area contributed by atoms with E-state index < -0.39 is 0 Å². The zero-order valence-electron chi connectivity index (χ0n) is 12.2. The number of likely N-dealkylation sites (tertiary alicyclic amines) is 1. The molecule has 1 aliphatic heterocycles. The number of piperidine rings is 1. The Bertz CT molecular complexity index is 470. The van der Waals surface area contributed by atoms with Crippen molar-refractivity contribution in [1.29, 1.82) is 0 Å². The zero-order valence-corrected chi connectivity index (χ0v) is 12.9. The number of amides is 1. The molecule has 2 heterocycles. The van der Waals surface area contributed by atoms with E-state index in [1.54, 1.807) is 6.07 Å². The fourth-order valence-electron chi connectivity index (χ4n) is 2.49. The Morgan fingerprint density at radius 3 is 2.80 bits per heavy atom. The van der Waals surface area contributed by atoms with Crippen molar-refractivity contribution in [2.45, 2.75) is 38.6 Å². The van der Waals surface area contributed by atoms with E-state index in [-0.39, 0.29) is 11.9 Å². The minimum absolute atomic E-state index is 0.0405. The Morgan fingerprint density at radius 1 is 1.45 bits per heavy atom. The summed E-state index contributed by atoms with van der Waals surface area (Å²) in [7, 11) is 2.11. The normalized spacial score (nSPS) is 17.1.